The lowest BCUT2D eigenvalue weighted by Gasteiger charge is -2.17. The maximum Gasteiger partial charge on any atom is 0.191 e. The molecule has 14 heavy (non-hydrogen) atoms. The van der Waals surface area contributed by atoms with E-state index in [2.05, 4.69) is 4.98 Å². The molecular formula is C10H14N2O2. The highest BCUT2D eigenvalue weighted by molar-refractivity contribution is 5.19. The number of nitrogens with two attached hydrogens (primary N) is 1. The van der Waals surface area contributed by atoms with Crippen molar-refractivity contribution in [3.63, 3.8) is 0 Å². The van der Waals surface area contributed by atoms with Gasteiger partial charge in [-0.25, -0.2) is 4.98 Å². The minimum absolute atomic E-state index is 0.187. The van der Waals surface area contributed by atoms with Gasteiger partial charge in [0.2, 0.25) is 0 Å². The van der Waals surface area contributed by atoms with E-state index in [9.17, 15) is 0 Å². The lowest BCUT2D eigenvalue weighted by atomic mass is 10.0. The van der Waals surface area contributed by atoms with Crippen molar-refractivity contribution in [3.05, 3.63) is 29.7 Å². The summed E-state index contributed by atoms with van der Waals surface area (Å²) in [4.78, 5) is 4.20. The third-order valence-electron chi connectivity index (χ3n) is 2.32. The van der Waals surface area contributed by atoms with E-state index in [-0.39, 0.29) is 6.04 Å². The smallest absolute Gasteiger partial charge is 0.191 e. The zero-order valence-electron chi connectivity index (χ0n) is 8.19. The maximum absolute atomic E-state index is 6.01. The molecule has 2 rings (SSSR count). The zero-order chi connectivity index (χ0) is 9.97. The summed E-state index contributed by atoms with van der Waals surface area (Å²) in [6, 6.07) is -0.187. The van der Waals surface area contributed by atoms with Gasteiger partial charge < -0.3 is 14.9 Å². The quantitative estimate of drug-likeness (QED) is 0.778. The molecule has 2 N–H and O–H groups in total. The summed E-state index contributed by atoms with van der Waals surface area (Å²) < 4.78 is 10.3. The highest BCUT2D eigenvalue weighted by Gasteiger charge is 2.17. The number of oxazole rings is 1. The van der Waals surface area contributed by atoms with Gasteiger partial charge in [0.05, 0.1) is 18.9 Å². The molecule has 0 amide bonds. The van der Waals surface area contributed by atoms with E-state index in [0.717, 1.165) is 30.7 Å². The molecule has 1 aliphatic heterocycles. The first kappa shape index (κ1) is 9.27. The first-order valence-corrected chi connectivity index (χ1v) is 4.75. The molecule has 0 aliphatic carbocycles. The summed E-state index contributed by atoms with van der Waals surface area (Å²) >= 11 is 0. The van der Waals surface area contributed by atoms with Crippen molar-refractivity contribution >= 4 is 0 Å². The molecule has 4 nitrogen and oxygen atoms in total. The van der Waals surface area contributed by atoms with E-state index in [1.165, 1.54) is 0 Å². The molecule has 1 aromatic heterocycles. The number of hydrogen-bond acceptors (Lipinski definition) is 4. The molecule has 0 radical (unpaired) electrons. The van der Waals surface area contributed by atoms with E-state index in [1.54, 1.807) is 12.5 Å². The minimum Gasteiger partial charge on any atom is -0.501 e. The molecule has 76 valence electrons. The average molecular weight is 194 g/mol. The molecule has 2 heterocycles. The Morgan fingerprint density at radius 3 is 3.00 bits per heavy atom. The molecule has 1 atom stereocenters. The number of rotatable bonds is 2. The van der Waals surface area contributed by atoms with Crippen LogP contribution in [0.3, 0.4) is 0 Å². The minimum atomic E-state index is -0.187. The highest BCUT2D eigenvalue weighted by Crippen LogP contribution is 2.24. The van der Waals surface area contributed by atoms with E-state index in [0.29, 0.717) is 5.89 Å². The number of hydrogen-bond donors (Lipinski definition) is 1. The molecule has 0 bridgehead atoms. The number of ether oxygens (including phenoxy) is 1. The normalized spacial score (nSPS) is 18.6. The Labute approximate surface area is 82.8 Å². The fraction of sp³-hybridized carbons (Fsp3) is 0.500. The van der Waals surface area contributed by atoms with Gasteiger partial charge >= 0.3 is 0 Å². The van der Waals surface area contributed by atoms with E-state index in [4.69, 9.17) is 14.9 Å². The van der Waals surface area contributed by atoms with Crippen molar-refractivity contribution < 1.29 is 9.15 Å². The average Bonchev–Trinajstić information content (AvgIpc) is 2.65. The summed E-state index contributed by atoms with van der Waals surface area (Å²) in [5.41, 5.74) is 7.88. The van der Waals surface area contributed by atoms with E-state index in [1.807, 2.05) is 6.92 Å². The van der Waals surface area contributed by atoms with Gasteiger partial charge in [-0.3, -0.25) is 0 Å². The molecule has 4 heteroatoms. The Morgan fingerprint density at radius 1 is 1.57 bits per heavy atom. The van der Waals surface area contributed by atoms with Gasteiger partial charge in [-0.05, 0) is 18.4 Å². The molecular weight excluding hydrogens is 180 g/mol. The van der Waals surface area contributed by atoms with Crippen LogP contribution in [0.5, 0.6) is 0 Å². The summed E-state index contributed by atoms with van der Waals surface area (Å²) in [5, 5.41) is 0. The van der Waals surface area contributed by atoms with Gasteiger partial charge in [0.1, 0.15) is 12.0 Å². The van der Waals surface area contributed by atoms with Crippen LogP contribution in [-0.2, 0) is 4.74 Å². The van der Waals surface area contributed by atoms with Crippen molar-refractivity contribution in [1.82, 2.24) is 4.98 Å². The van der Waals surface area contributed by atoms with Gasteiger partial charge in [0.25, 0.3) is 0 Å². The maximum atomic E-state index is 6.01. The molecule has 1 unspecified atom stereocenters. The Bertz CT molecular complexity index is 344. The Hall–Kier alpha value is -1.29. The van der Waals surface area contributed by atoms with Crippen LogP contribution in [0.1, 0.15) is 30.5 Å². The molecule has 0 aromatic carbocycles. The SMILES string of the molecule is Cc1nc(C(N)C2=COCCC2)co1. The topological polar surface area (TPSA) is 61.3 Å². The predicted molar refractivity (Wildman–Crippen MR) is 51.4 cm³/mol. The lowest BCUT2D eigenvalue weighted by Crippen LogP contribution is -2.16. The molecule has 0 saturated heterocycles. The van der Waals surface area contributed by atoms with Gasteiger partial charge in [0.15, 0.2) is 5.89 Å². The van der Waals surface area contributed by atoms with Crippen molar-refractivity contribution in [3.8, 4) is 0 Å². The first-order chi connectivity index (χ1) is 6.77. The largest absolute Gasteiger partial charge is 0.501 e. The summed E-state index contributed by atoms with van der Waals surface area (Å²) in [5.74, 6) is 0.646. The molecule has 1 aliphatic rings. The second-order valence-electron chi connectivity index (χ2n) is 3.44. The predicted octanol–water partition coefficient (Wildman–Crippen LogP) is 1.68. The summed E-state index contributed by atoms with van der Waals surface area (Å²) in [6.07, 6.45) is 5.36. The second-order valence-corrected chi connectivity index (χ2v) is 3.44. The fourth-order valence-electron chi connectivity index (χ4n) is 1.53. The molecule has 0 saturated carbocycles. The van der Waals surface area contributed by atoms with Gasteiger partial charge in [-0.15, -0.1) is 0 Å². The lowest BCUT2D eigenvalue weighted by molar-refractivity contribution is 0.221. The standard InChI is InChI=1S/C10H14N2O2/c1-7-12-9(6-14-7)10(11)8-3-2-4-13-5-8/h5-6,10H,2-4,11H2,1H3. The highest BCUT2D eigenvalue weighted by atomic mass is 16.5. The Balaban J connectivity index is 2.14. The van der Waals surface area contributed by atoms with Gasteiger partial charge in [-0.1, -0.05) is 0 Å². The molecule has 0 fully saturated rings. The number of nitrogens with zero attached hydrogens (tertiary/aromatic N) is 1. The number of aromatic nitrogens is 1. The van der Waals surface area contributed by atoms with Gasteiger partial charge in [-0.2, -0.15) is 0 Å². The second kappa shape index (κ2) is 3.84. The third-order valence-corrected chi connectivity index (χ3v) is 2.32. The fourth-order valence-corrected chi connectivity index (χ4v) is 1.53. The van der Waals surface area contributed by atoms with E-state index >= 15 is 0 Å². The van der Waals surface area contributed by atoms with Crippen LogP contribution >= 0.6 is 0 Å². The summed E-state index contributed by atoms with van der Waals surface area (Å²) in [7, 11) is 0. The van der Waals surface area contributed by atoms with Crippen LogP contribution < -0.4 is 5.73 Å². The Morgan fingerprint density at radius 2 is 2.43 bits per heavy atom. The van der Waals surface area contributed by atoms with Crippen molar-refractivity contribution in [1.29, 1.82) is 0 Å². The van der Waals surface area contributed by atoms with Crippen LogP contribution in [0.4, 0.5) is 0 Å². The monoisotopic (exact) mass is 194 g/mol. The van der Waals surface area contributed by atoms with Crippen LogP contribution in [0.15, 0.2) is 22.5 Å². The molecule has 0 spiro atoms. The first-order valence-electron chi connectivity index (χ1n) is 4.75. The van der Waals surface area contributed by atoms with E-state index < -0.39 is 0 Å². The van der Waals surface area contributed by atoms with Crippen LogP contribution in [0, 0.1) is 6.92 Å². The van der Waals surface area contributed by atoms with Gasteiger partial charge in [0, 0.05) is 6.92 Å². The van der Waals surface area contributed by atoms with Crippen molar-refractivity contribution in [2.24, 2.45) is 5.73 Å². The van der Waals surface area contributed by atoms with Crippen molar-refractivity contribution in [2.45, 2.75) is 25.8 Å². The summed E-state index contributed by atoms with van der Waals surface area (Å²) in [6.45, 7) is 2.59. The van der Waals surface area contributed by atoms with Crippen molar-refractivity contribution in [2.75, 3.05) is 6.61 Å². The van der Waals surface area contributed by atoms with Crippen LogP contribution in [0.25, 0.3) is 0 Å². The Kier molecular flexibility index (Phi) is 2.54. The van der Waals surface area contributed by atoms with Crippen LogP contribution in [-0.4, -0.2) is 11.6 Å². The third kappa shape index (κ3) is 1.80. The zero-order valence-corrected chi connectivity index (χ0v) is 8.19. The number of aryl methyl sites for hydroxylation is 1. The van der Waals surface area contributed by atoms with Crippen LogP contribution in [0.2, 0.25) is 0 Å². The molecule has 1 aromatic rings.